The molecule has 98 valence electrons. The van der Waals surface area contributed by atoms with Gasteiger partial charge in [0.15, 0.2) is 0 Å². The quantitative estimate of drug-likeness (QED) is 0.755. The van der Waals surface area contributed by atoms with Crippen LogP contribution in [0.15, 0.2) is 18.2 Å². The van der Waals surface area contributed by atoms with Gasteiger partial charge in [-0.05, 0) is 31.5 Å². The van der Waals surface area contributed by atoms with Crippen LogP contribution in [0.1, 0.15) is 12.8 Å². The van der Waals surface area contributed by atoms with Crippen molar-refractivity contribution in [3.05, 3.63) is 29.8 Å². The Balaban J connectivity index is 1.94. The molecule has 1 aromatic carbocycles. The minimum absolute atomic E-state index is 0.00594. The number of carbonyl (C=O) groups is 1. The molecule has 2 rings (SSSR count). The van der Waals surface area contributed by atoms with Crippen LogP contribution in [-0.4, -0.2) is 25.2 Å². The Morgan fingerprint density at radius 2 is 2.06 bits per heavy atom. The maximum Gasteiger partial charge on any atom is 0.319 e. The first kappa shape index (κ1) is 12.8. The lowest BCUT2D eigenvalue weighted by molar-refractivity contribution is 0.245. The summed E-state index contributed by atoms with van der Waals surface area (Å²) in [5, 5.41) is 8.01. The van der Waals surface area contributed by atoms with Gasteiger partial charge >= 0.3 is 6.03 Å². The van der Waals surface area contributed by atoms with Crippen molar-refractivity contribution in [2.24, 2.45) is 0 Å². The lowest BCUT2D eigenvalue weighted by atomic mass is 10.1. The SMILES string of the molecule is O=C(Nc1c(F)cccc1F)N[C@@H]1CCCNC1. The monoisotopic (exact) mass is 255 g/mol. The molecule has 0 aliphatic carbocycles. The Hall–Kier alpha value is -1.69. The molecule has 1 atom stereocenters. The molecule has 3 N–H and O–H groups in total. The highest BCUT2D eigenvalue weighted by Crippen LogP contribution is 2.17. The van der Waals surface area contributed by atoms with E-state index in [9.17, 15) is 13.6 Å². The van der Waals surface area contributed by atoms with Gasteiger partial charge < -0.3 is 16.0 Å². The van der Waals surface area contributed by atoms with Crippen molar-refractivity contribution in [3.63, 3.8) is 0 Å². The summed E-state index contributed by atoms with van der Waals surface area (Å²) in [4.78, 5) is 11.6. The van der Waals surface area contributed by atoms with E-state index in [1.807, 2.05) is 0 Å². The molecule has 0 radical (unpaired) electrons. The molecule has 1 fully saturated rings. The highest BCUT2D eigenvalue weighted by molar-refractivity contribution is 5.89. The van der Waals surface area contributed by atoms with E-state index in [2.05, 4.69) is 16.0 Å². The molecule has 1 aliphatic rings. The first-order valence-electron chi connectivity index (χ1n) is 5.89. The van der Waals surface area contributed by atoms with E-state index in [-0.39, 0.29) is 6.04 Å². The lowest BCUT2D eigenvalue weighted by Crippen LogP contribution is -2.47. The van der Waals surface area contributed by atoms with Crippen molar-refractivity contribution in [2.75, 3.05) is 18.4 Å². The van der Waals surface area contributed by atoms with Gasteiger partial charge in [-0.25, -0.2) is 13.6 Å². The van der Waals surface area contributed by atoms with Crippen molar-refractivity contribution in [2.45, 2.75) is 18.9 Å². The van der Waals surface area contributed by atoms with Crippen molar-refractivity contribution in [1.82, 2.24) is 10.6 Å². The van der Waals surface area contributed by atoms with Gasteiger partial charge in [-0.15, -0.1) is 0 Å². The van der Waals surface area contributed by atoms with E-state index in [0.717, 1.165) is 31.5 Å². The normalized spacial score (nSPS) is 19.3. The molecule has 0 saturated carbocycles. The molecule has 0 bridgehead atoms. The van der Waals surface area contributed by atoms with Gasteiger partial charge in [-0.2, -0.15) is 0 Å². The van der Waals surface area contributed by atoms with Crippen LogP contribution in [0.25, 0.3) is 0 Å². The molecule has 2 amide bonds. The molecule has 0 unspecified atom stereocenters. The van der Waals surface area contributed by atoms with Crippen LogP contribution in [0.5, 0.6) is 0 Å². The maximum absolute atomic E-state index is 13.3. The molecule has 18 heavy (non-hydrogen) atoms. The molecule has 1 aromatic rings. The molecular formula is C12H15F2N3O. The maximum atomic E-state index is 13.3. The smallest absolute Gasteiger partial charge is 0.319 e. The molecule has 1 heterocycles. The summed E-state index contributed by atoms with van der Waals surface area (Å²) < 4.78 is 26.6. The van der Waals surface area contributed by atoms with E-state index in [1.54, 1.807) is 0 Å². The average Bonchev–Trinajstić information content (AvgIpc) is 2.35. The van der Waals surface area contributed by atoms with Crippen molar-refractivity contribution >= 4 is 11.7 Å². The van der Waals surface area contributed by atoms with Gasteiger partial charge in [0.2, 0.25) is 0 Å². The number of nitrogens with one attached hydrogen (secondary N) is 3. The summed E-state index contributed by atoms with van der Waals surface area (Å²) in [5.41, 5.74) is -0.418. The topological polar surface area (TPSA) is 53.2 Å². The highest BCUT2D eigenvalue weighted by Gasteiger charge is 2.17. The summed E-state index contributed by atoms with van der Waals surface area (Å²) in [5.74, 6) is -1.57. The number of para-hydroxylation sites is 1. The minimum atomic E-state index is -0.785. The van der Waals surface area contributed by atoms with Gasteiger partial charge in [0.1, 0.15) is 17.3 Å². The molecule has 0 aromatic heterocycles. The standard InChI is InChI=1S/C12H15F2N3O/c13-9-4-1-5-10(14)11(9)17-12(18)16-8-3-2-6-15-7-8/h1,4-5,8,15H,2-3,6-7H2,(H2,16,17,18)/t8-/m1/s1. The van der Waals surface area contributed by atoms with E-state index in [4.69, 9.17) is 0 Å². The highest BCUT2D eigenvalue weighted by atomic mass is 19.1. The number of halogens is 2. The zero-order valence-corrected chi connectivity index (χ0v) is 9.80. The summed E-state index contributed by atoms with van der Waals surface area (Å²) in [6, 6.07) is 2.85. The van der Waals surface area contributed by atoms with Gasteiger partial charge in [0.05, 0.1) is 0 Å². The molecule has 1 aliphatic heterocycles. The number of anilines is 1. The van der Waals surface area contributed by atoms with Crippen LogP contribution < -0.4 is 16.0 Å². The van der Waals surface area contributed by atoms with Crippen molar-refractivity contribution in [1.29, 1.82) is 0 Å². The third-order valence-corrected chi connectivity index (χ3v) is 2.83. The Morgan fingerprint density at radius 1 is 1.33 bits per heavy atom. The molecule has 1 saturated heterocycles. The number of carbonyl (C=O) groups excluding carboxylic acids is 1. The van der Waals surface area contributed by atoms with Crippen LogP contribution in [0.2, 0.25) is 0 Å². The number of benzene rings is 1. The van der Waals surface area contributed by atoms with Crippen molar-refractivity contribution < 1.29 is 13.6 Å². The predicted octanol–water partition coefficient (Wildman–Crippen LogP) is 1.84. The summed E-state index contributed by atoms with van der Waals surface area (Å²) in [6.45, 7) is 1.61. The minimum Gasteiger partial charge on any atom is -0.334 e. The van der Waals surface area contributed by atoms with E-state index in [1.165, 1.54) is 6.07 Å². The largest absolute Gasteiger partial charge is 0.334 e. The van der Waals surface area contributed by atoms with Gasteiger partial charge in [-0.1, -0.05) is 6.07 Å². The van der Waals surface area contributed by atoms with E-state index >= 15 is 0 Å². The van der Waals surface area contributed by atoms with Crippen LogP contribution in [0, 0.1) is 11.6 Å². The second-order valence-corrected chi connectivity index (χ2v) is 4.24. The fourth-order valence-corrected chi connectivity index (χ4v) is 1.93. The van der Waals surface area contributed by atoms with Gasteiger partial charge in [0.25, 0.3) is 0 Å². The van der Waals surface area contributed by atoms with Crippen LogP contribution in [-0.2, 0) is 0 Å². The van der Waals surface area contributed by atoms with Crippen molar-refractivity contribution in [3.8, 4) is 0 Å². The second kappa shape index (κ2) is 5.77. The zero-order chi connectivity index (χ0) is 13.0. The Bertz CT molecular complexity index is 413. The van der Waals surface area contributed by atoms with Gasteiger partial charge in [-0.3, -0.25) is 0 Å². The van der Waals surface area contributed by atoms with E-state index < -0.39 is 23.4 Å². The van der Waals surface area contributed by atoms with Crippen LogP contribution in [0.4, 0.5) is 19.3 Å². The number of amides is 2. The number of hydrogen-bond acceptors (Lipinski definition) is 2. The lowest BCUT2D eigenvalue weighted by Gasteiger charge is -2.23. The van der Waals surface area contributed by atoms with Crippen LogP contribution >= 0.6 is 0 Å². The summed E-state index contributed by atoms with van der Waals surface area (Å²) in [7, 11) is 0. The molecule has 4 nitrogen and oxygen atoms in total. The number of hydrogen-bond donors (Lipinski definition) is 3. The molecular weight excluding hydrogens is 240 g/mol. The zero-order valence-electron chi connectivity index (χ0n) is 9.80. The number of urea groups is 1. The Kier molecular flexibility index (Phi) is 4.09. The fraction of sp³-hybridized carbons (Fsp3) is 0.417. The number of piperidine rings is 1. The predicted molar refractivity (Wildman–Crippen MR) is 64.4 cm³/mol. The Morgan fingerprint density at radius 3 is 2.67 bits per heavy atom. The summed E-state index contributed by atoms with van der Waals surface area (Å²) >= 11 is 0. The van der Waals surface area contributed by atoms with Crippen LogP contribution in [0.3, 0.4) is 0 Å². The number of rotatable bonds is 2. The first-order chi connectivity index (χ1) is 8.66. The third-order valence-electron chi connectivity index (χ3n) is 2.83. The van der Waals surface area contributed by atoms with E-state index in [0.29, 0.717) is 6.54 Å². The molecule has 0 spiro atoms. The first-order valence-corrected chi connectivity index (χ1v) is 5.89. The fourth-order valence-electron chi connectivity index (χ4n) is 1.93. The molecule has 6 heteroatoms. The summed E-state index contributed by atoms with van der Waals surface area (Å²) in [6.07, 6.45) is 1.83. The average molecular weight is 255 g/mol. The third kappa shape index (κ3) is 3.16. The second-order valence-electron chi connectivity index (χ2n) is 4.24. The van der Waals surface area contributed by atoms with Gasteiger partial charge in [0, 0.05) is 12.6 Å². The Labute approximate surface area is 104 Å².